The minimum Gasteiger partial charge on any atom is -0.388 e. The van der Waals surface area contributed by atoms with Gasteiger partial charge in [-0.15, -0.1) is 23.4 Å². The van der Waals surface area contributed by atoms with Crippen LogP contribution in [-0.2, 0) is 9.53 Å². The van der Waals surface area contributed by atoms with Gasteiger partial charge in [-0.3, -0.25) is 9.69 Å². The lowest BCUT2D eigenvalue weighted by atomic mass is 9.92. The Balaban J connectivity index is 2.17. The number of likely N-dealkylation sites (tertiary alicyclic amines) is 1. The lowest BCUT2D eigenvalue weighted by Crippen LogP contribution is -2.66. The number of aliphatic hydroxyl groups is 4. The molecule has 2 aliphatic heterocycles. The van der Waals surface area contributed by atoms with E-state index in [9.17, 15) is 25.2 Å². The van der Waals surface area contributed by atoms with Crippen LogP contribution in [0.2, 0.25) is 0 Å². The Labute approximate surface area is 175 Å². The number of hydrogen-bond donors (Lipinski definition) is 5. The van der Waals surface area contributed by atoms with Crippen LogP contribution in [0.1, 0.15) is 33.1 Å². The molecule has 2 heterocycles. The smallest absolute Gasteiger partial charge is 0.267 e. The molecule has 164 valence electrons. The summed E-state index contributed by atoms with van der Waals surface area (Å²) in [6, 6.07) is -0.872. The Kier molecular flexibility index (Phi) is 8.44. The van der Waals surface area contributed by atoms with E-state index in [1.165, 1.54) is 11.8 Å². The summed E-state index contributed by atoms with van der Waals surface area (Å²) >= 11 is 7.46. The van der Waals surface area contributed by atoms with E-state index < -0.39 is 52.9 Å². The monoisotopic (exact) mass is 440 g/mol. The number of likely N-dealkylation sites (N-methyl/N-ethyl adjacent to an activating group) is 1. The molecule has 1 amide bonds. The van der Waals surface area contributed by atoms with Crippen LogP contribution in [0.3, 0.4) is 0 Å². The van der Waals surface area contributed by atoms with Gasteiger partial charge in [0.1, 0.15) is 29.9 Å². The largest absolute Gasteiger partial charge is 0.388 e. The average Bonchev–Trinajstić information content (AvgIpc) is 2.93. The van der Waals surface area contributed by atoms with Gasteiger partial charge < -0.3 is 30.5 Å². The molecule has 1 unspecified atom stereocenters. The maximum absolute atomic E-state index is 13.0. The molecule has 0 spiro atoms. The fourth-order valence-electron chi connectivity index (χ4n) is 4.12. The highest BCUT2D eigenvalue weighted by atomic mass is 35.5. The molecule has 5 N–H and O–H groups in total. The summed E-state index contributed by atoms with van der Waals surface area (Å²) in [5.74, 6) is -0.393. The first kappa shape index (κ1) is 24.1. The standard InChI is InChI=1S/C18H33ClN2O6S/c1-5-6-10-7-18(26,21(3)8-10)17(25)20-11(9(2)19)15-13(23)12(22)14(24)16(27-15)28-4/h9-16,22-24,26H,5-8H2,1-4H3,(H,20,25)/t9-,10+,11+,12-,13+,14+,15+,16+,18?/m0/s1. The van der Waals surface area contributed by atoms with Crippen molar-refractivity contribution in [2.75, 3.05) is 19.8 Å². The first-order chi connectivity index (χ1) is 13.1. The van der Waals surface area contributed by atoms with E-state index >= 15 is 0 Å². The van der Waals surface area contributed by atoms with Crippen LogP contribution in [0, 0.1) is 5.92 Å². The Hall–Kier alpha value is -0.130. The molecule has 2 aliphatic rings. The fraction of sp³-hybridized carbons (Fsp3) is 0.944. The first-order valence-corrected chi connectivity index (χ1v) is 11.4. The quantitative estimate of drug-likeness (QED) is 0.342. The van der Waals surface area contributed by atoms with Crippen molar-refractivity contribution in [2.45, 2.75) is 80.1 Å². The van der Waals surface area contributed by atoms with Crippen LogP contribution in [-0.4, -0.2) is 98.1 Å². The van der Waals surface area contributed by atoms with E-state index in [0.717, 1.165) is 12.8 Å². The van der Waals surface area contributed by atoms with Crippen molar-refractivity contribution in [3.05, 3.63) is 0 Å². The highest BCUT2D eigenvalue weighted by molar-refractivity contribution is 7.99. The van der Waals surface area contributed by atoms with Crippen molar-refractivity contribution in [1.82, 2.24) is 10.2 Å². The molecule has 9 atom stereocenters. The van der Waals surface area contributed by atoms with Crippen LogP contribution >= 0.6 is 23.4 Å². The van der Waals surface area contributed by atoms with Crippen LogP contribution < -0.4 is 5.32 Å². The zero-order chi connectivity index (χ0) is 21.2. The van der Waals surface area contributed by atoms with Crippen molar-refractivity contribution in [2.24, 2.45) is 5.92 Å². The number of alkyl halides is 1. The normalized spacial score (nSPS) is 41.6. The van der Waals surface area contributed by atoms with Gasteiger partial charge in [-0.25, -0.2) is 0 Å². The van der Waals surface area contributed by atoms with Crippen LogP contribution in [0.4, 0.5) is 0 Å². The third-order valence-corrected chi connectivity index (χ3v) is 6.91. The second-order valence-corrected chi connectivity index (χ2v) is 9.53. The molecule has 10 heteroatoms. The molecule has 28 heavy (non-hydrogen) atoms. The first-order valence-electron chi connectivity index (χ1n) is 9.67. The number of carbonyl (C=O) groups is 1. The molecule has 0 aromatic rings. The van der Waals surface area contributed by atoms with Crippen molar-refractivity contribution >= 4 is 29.3 Å². The molecule has 0 radical (unpaired) electrons. The SMILES string of the molecule is CCC[C@H]1CN(C)C(O)(C(=O)N[C@@H]([C@H]2O[C@H](SC)[C@H](O)[C@@H](O)[C@H]2O)[C@H](C)Cl)C1. The minimum atomic E-state index is -1.67. The van der Waals surface area contributed by atoms with Crippen molar-refractivity contribution in [3.63, 3.8) is 0 Å². The number of ether oxygens (including phenoxy) is 1. The van der Waals surface area contributed by atoms with Crippen molar-refractivity contribution in [3.8, 4) is 0 Å². The van der Waals surface area contributed by atoms with Gasteiger partial charge in [0.25, 0.3) is 5.91 Å². The van der Waals surface area contributed by atoms with Crippen LogP contribution in [0.25, 0.3) is 0 Å². The van der Waals surface area contributed by atoms with Crippen LogP contribution in [0.5, 0.6) is 0 Å². The number of thioether (sulfide) groups is 1. The van der Waals surface area contributed by atoms with Crippen LogP contribution in [0.15, 0.2) is 0 Å². The summed E-state index contributed by atoms with van der Waals surface area (Å²) in [5, 5.41) is 43.7. The molecule has 2 saturated heterocycles. The predicted octanol–water partition coefficient (Wildman–Crippen LogP) is -0.290. The lowest BCUT2D eigenvalue weighted by Gasteiger charge is -2.44. The van der Waals surface area contributed by atoms with E-state index in [2.05, 4.69) is 12.2 Å². The average molecular weight is 441 g/mol. The molecule has 2 fully saturated rings. The molecule has 0 aromatic carbocycles. The number of halogens is 1. The Morgan fingerprint density at radius 3 is 2.54 bits per heavy atom. The van der Waals surface area contributed by atoms with Gasteiger partial charge in [0.05, 0.1) is 11.4 Å². The molecular formula is C18H33ClN2O6S. The van der Waals surface area contributed by atoms with Gasteiger partial charge in [-0.1, -0.05) is 13.3 Å². The number of nitrogens with zero attached hydrogens (tertiary/aromatic N) is 1. The second kappa shape index (κ2) is 9.78. The number of hydrogen-bond acceptors (Lipinski definition) is 8. The van der Waals surface area contributed by atoms with Gasteiger partial charge >= 0.3 is 0 Å². The lowest BCUT2D eigenvalue weighted by molar-refractivity contribution is -0.206. The highest BCUT2D eigenvalue weighted by Gasteiger charge is 2.51. The third kappa shape index (κ3) is 4.78. The summed E-state index contributed by atoms with van der Waals surface area (Å²) in [6.07, 6.45) is -1.26. The summed E-state index contributed by atoms with van der Waals surface area (Å²) < 4.78 is 5.75. The van der Waals surface area contributed by atoms with Gasteiger partial charge in [0, 0.05) is 13.0 Å². The maximum Gasteiger partial charge on any atom is 0.267 e. The Bertz CT molecular complexity index is 542. The maximum atomic E-state index is 13.0. The van der Waals surface area contributed by atoms with Gasteiger partial charge in [0.2, 0.25) is 0 Å². The third-order valence-electron chi connectivity index (χ3n) is 5.78. The summed E-state index contributed by atoms with van der Waals surface area (Å²) in [5.41, 5.74) is -2.44. The Morgan fingerprint density at radius 1 is 1.36 bits per heavy atom. The molecular weight excluding hydrogens is 408 g/mol. The molecule has 0 saturated carbocycles. The number of aliphatic hydroxyl groups excluding tert-OH is 3. The topological polar surface area (TPSA) is 122 Å². The Morgan fingerprint density at radius 2 is 2.00 bits per heavy atom. The molecule has 0 bridgehead atoms. The second-order valence-electron chi connectivity index (χ2n) is 7.91. The van der Waals surface area contributed by atoms with E-state index in [1.54, 1.807) is 25.1 Å². The number of carbonyl (C=O) groups excluding carboxylic acids is 1. The van der Waals surface area contributed by atoms with Gasteiger partial charge in [-0.05, 0) is 32.6 Å². The van der Waals surface area contributed by atoms with Crippen molar-refractivity contribution in [1.29, 1.82) is 0 Å². The predicted molar refractivity (Wildman–Crippen MR) is 108 cm³/mol. The van der Waals surface area contributed by atoms with Gasteiger partial charge in [-0.2, -0.15) is 0 Å². The zero-order valence-electron chi connectivity index (χ0n) is 16.8. The molecule has 8 nitrogen and oxygen atoms in total. The van der Waals surface area contributed by atoms with Crippen molar-refractivity contribution < 1.29 is 30.0 Å². The highest BCUT2D eigenvalue weighted by Crippen LogP contribution is 2.34. The van der Waals surface area contributed by atoms with E-state index in [0.29, 0.717) is 13.0 Å². The summed E-state index contributed by atoms with van der Waals surface area (Å²) in [6.45, 7) is 4.31. The van der Waals surface area contributed by atoms with E-state index in [-0.39, 0.29) is 5.92 Å². The molecule has 2 rings (SSSR count). The molecule has 0 aliphatic carbocycles. The minimum absolute atomic E-state index is 0.215. The summed E-state index contributed by atoms with van der Waals surface area (Å²) in [7, 11) is 1.70. The fourth-order valence-corrected chi connectivity index (χ4v) is 5.01. The zero-order valence-corrected chi connectivity index (χ0v) is 18.4. The summed E-state index contributed by atoms with van der Waals surface area (Å²) in [4.78, 5) is 14.6. The number of nitrogens with one attached hydrogen (secondary N) is 1. The van der Waals surface area contributed by atoms with E-state index in [4.69, 9.17) is 16.3 Å². The molecule has 0 aromatic heterocycles. The number of amides is 1. The van der Waals surface area contributed by atoms with Gasteiger partial charge in [0.15, 0.2) is 5.72 Å². The number of rotatable bonds is 7. The van der Waals surface area contributed by atoms with E-state index in [1.807, 2.05) is 0 Å².